The van der Waals surface area contributed by atoms with Gasteiger partial charge in [0.2, 0.25) is 5.91 Å². The number of benzene rings is 2. The zero-order valence-electron chi connectivity index (χ0n) is 36.8. The molecular formula is C50H68Cl2N6O4. The molecule has 4 aromatic rings. The summed E-state index contributed by atoms with van der Waals surface area (Å²) in [7, 11) is 0. The van der Waals surface area contributed by atoms with E-state index < -0.39 is 6.10 Å². The van der Waals surface area contributed by atoms with Gasteiger partial charge in [-0.15, -0.1) is 0 Å². The normalized spacial score (nSPS) is 31.0. The van der Waals surface area contributed by atoms with Crippen molar-refractivity contribution in [2.24, 2.45) is 46.3 Å². The van der Waals surface area contributed by atoms with Crippen molar-refractivity contribution >= 4 is 62.3 Å². The molecule has 10 nitrogen and oxygen atoms in total. The van der Waals surface area contributed by atoms with Gasteiger partial charge in [-0.2, -0.15) is 0 Å². The quantitative estimate of drug-likeness (QED) is 0.0573. The number of aliphatic hydroxyl groups is 3. The Morgan fingerprint density at radius 2 is 1.45 bits per heavy atom. The van der Waals surface area contributed by atoms with Gasteiger partial charge in [-0.05, 0) is 166 Å². The molecular weight excluding hydrogens is 819 g/mol. The lowest BCUT2D eigenvalue weighted by Gasteiger charge is -2.63. The van der Waals surface area contributed by atoms with Crippen LogP contribution in [0, 0.1) is 46.3 Å². The van der Waals surface area contributed by atoms with Crippen molar-refractivity contribution in [2.75, 3.05) is 49.9 Å². The Morgan fingerprint density at radius 3 is 2.10 bits per heavy atom. The molecule has 2 heterocycles. The Morgan fingerprint density at radius 1 is 0.806 bits per heavy atom. The molecule has 0 saturated heterocycles. The molecule has 0 spiro atoms. The van der Waals surface area contributed by atoms with E-state index in [2.05, 4.69) is 51.6 Å². The van der Waals surface area contributed by atoms with Crippen LogP contribution in [-0.4, -0.2) is 93.7 Å². The van der Waals surface area contributed by atoms with Gasteiger partial charge in [0.05, 0.1) is 29.3 Å². The Bertz CT molecular complexity index is 2090. The Kier molecular flexibility index (Phi) is 14.2. The molecule has 4 aliphatic rings. The van der Waals surface area contributed by atoms with E-state index in [1.54, 1.807) is 0 Å². The number of amides is 1. The monoisotopic (exact) mass is 886 g/mol. The molecule has 4 saturated carbocycles. The van der Waals surface area contributed by atoms with Gasteiger partial charge in [0.25, 0.3) is 0 Å². The zero-order valence-corrected chi connectivity index (χ0v) is 38.3. The summed E-state index contributed by atoms with van der Waals surface area (Å²) in [6.45, 7) is 11.7. The average molecular weight is 888 g/mol. The minimum Gasteiger partial charge on any atom is -0.393 e. The largest absolute Gasteiger partial charge is 0.393 e. The molecule has 0 unspecified atom stereocenters. The van der Waals surface area contributed by atoms with Crippen LogP contribution in [0.2, 0.25) is 10.0 Å². The third-order valence-electron chi connectivity index (χ3n) is 16.5. The van der Waals surface area contributed by atoms with Gasteiger partial charge < -0.3 is 31.3 Å². The molecule has 8 rings (SSSR count). The average Bonchev–Trinajstić information content (AvgIpc) is 3.61. The maximum absolute atomic E-state index is 13.2. The first kappa shape index (κ1) is 45.3. The number of rotatable bonds is 17. The smallest absolute Gasteiger partial charge is 0.220 e. The highest BCUT2D eigenvalue weighted by atomic mass is 35.5. The van der Waals surface area contributed by atoms with E-state index in [9.17, 15) is 20.1 Å². The summed E-state index contributed by atoms with van der Waals surface area (Å²) in [6.07, 6.45) is 11.9. The Hall–Kier alpha value is -3.25. The molecule has 0 aliphatic heterocycles. The number of unbranched alkanes of at least 4 members (excludes halogenated alkanes) is 1. The zero-order chi connectivity index (χ0) is 43.6. The summed E-state index contributed by atoms with van der Waals surface area (Å²) in [5.41, 5.74) is 3.61. The first-order valence-corrected chi connectivity index (χ1v) is 24.2. The molecule has 12 heteroatoms. The van der Waals surface area contributed by atoms with Crippen LogP contribution in [0.4, 0.5) is 11.4 Å². The highest BCUT2D eigenvalue weighted by Gasteiger charge is 2.65. The first-order valence-electron chi connectivity index (χ1n) is 23.4. The number of nitrogens with zero attached hydrogens (tertiary/aromatic N) is 3. The Balaban J connectivity index is 0.809. The second-order valence-electron chi connectivity index (χ2n) is 19.8. The predicted octanol–water partition coefficient (Wildman–Crippen LogP) is 9.19. The van der Waals surface area contributed by atoms with Crippen LogP contribution < -0.4 is 16.0 Å². The molecule has 4 aliphatic carbocycles. The van der Waals surface area contributed by atoms with Crippen LogP contribution in [0.1, 0.15) is 91.4 Å². The molecule has 62 heavy (non-hydrogen) atoms. The SMILES string of the molecule is C[C@H](CCC(=O)NCCCCN(CCNc1ccnc2cc(Cl)ccc12)CCNc1ccnc2cc(Cl)ccc12)[C@H]1CC[C@H]2[C@@H]3[C@H](O)C[C@@H]4C[C@H](O)CC[C@]4(C)[C@H]3C[C@H](O)[C@]12C. The van der Waals surface area contributed by atoms with Crippen LogP contribution >= 0.6 is 23.2 Å². The van der Waals surface area contributed by atoms with E-state index in [-0.39, 0.29) is 40.8 Å². The number of hydrogen-bond acceptors (Lipinski definition) is 9. The van der Waals surface area contributed by atoms with E-state index in [0.717, 1.165) is 130 Å². The molecule has 1 amide bonds. The van der Waals surface area contributed by atoms with Crippen molar-refractivity contribution in [1.82, 2.24) is 20.2 Å². The van der Waals surface area contributed by atoms with Crippen LogP contribution in [0.15, 0.2) is 60.9 Å². The van der Waals surface area contributed by atoms with Crippen LogP contribution in [0.5, 0.6) is 0 Å². The highest BCUT2D eigenvalue weighted by molar-refractivity contribution is 6.31. The number of hydrogen-bond donors (Lipinski definition) is 6. The fourth-order valence-electron chi connectivity index (χ4n) is 13.1. The summed E-state index contributed by atoms with van der Waals surface area (Å²) in [5, 5.41) is 48.0. The van der Waals surface area contributed by atoms with E-state index in [4.69, 9.17) is 23.2 Å². The van der Waals surface area contributed by atoms with Gasteiger partial charge in [-0.25, -0.2) is 0 Å². The van der Waals surface area contributed by atoms with Crippen molar-refractivity contribution in [3.8, 4) is 0 Å². The lowest BCUT2D eigenvalue weighted by atomic mass is 9.43. The minimum absolute atomic E-state index is 0.0677. The maximum atomic E-state index is 13.2. The van der Waals surface area contributed by atoms with Gasteiger partial charge >= 0.3 is 0 Å². The topological polar surface area (TPSA) is 143 Å². The van der Waals surface area contributed by atoms with E-state index in [1.807, 2.05) is 60.9 Å². The third kappa shape index (κ3) is 9.43. The van der Waals surface area contributed by atoms with Crippen LogP contribution in [0.25, 0.3) is 21.8 Å². The van der Waals surface area contributed by atoms with Crippen LogP contribution in [-0.2, 0) is 4.79 Å². The lowest BCUT2D eigenvalue weighted by molar-refractivity contribution is -0.207. The van der Waals surface area contributed by atoms with E-state index in [0.29, 0.717) is 46.7 Å². The molecule has 11 atom stereocenters. The van der Waals surface area contributed by atoms with Gasteiger partial charge in [0.15, 0.2) is 0 Å². The van der Waals surface area contributed by atoms with Crippen molar-refractivity contribution in [2.45, 2.75) is 110 Å². The van der Waals surface area contributed by atoms with Crippen LogP contribution in [0.3, 0.4) is 0 Å². The molecule has 4 fully saturated rings. The maximum Gasteiger partial charge on any atom is 0.220 e. The summed E-state index contributed by atoms with van der Waals surface area (Å²) < 4.78 is 0. The van der Waals surface area contributed by atoms with Gasteiger partial charge in [0, 0.05) is 83.7 Å². The summed E-state index contributed by atoms with van der Waals surface area (Å²) in [6, 6.07) is 15.6. The number of pyridine rings is 2. The lowest BCUT2D eigenvalue weighted by Crippen LogP contribution is -2.62. The van der Waals surface area contributed by atoms with Gasteiger partial charge in [-0.1, -0.05) is 44.0 Å². The first-order chi connectivity index (χ1) is 29.8. The number of anilines is 2. The predicted molar refractivity (Wildman–Crippen MR) is 252 cm³/mol. The number of aliphatic hydroxyl groups excluding tert-OH is 3. The summed E-state index contributed by atoms with van der Waals surface area (Å²) in [5.74, 6) is 1.82. The van der Waals surface area contributed by atoms with Crippen molar-refractivity contribution < 1.29 is 20.1 Å². The number of nitrogens with one attached hydrogen (secondary N) is 3. The number of carbonyl (C=O) groups excluding carboxylic acids is 1. The molecule has 6 N–H and O–H groups in total. The summed E-state index contributed by atoms with van der Waals surface area (Å²) in [4.78, 5) is 24.7. The van der Waals surface area contributed by atoms with Gasteiger partial charge in [0.1, 0.15) is 0 Å². The van der Waals surface area contributed by atoms with E-state index in [1.165, 1.54) is 0 Å². The molecule has 336 valence electrons. The van der Waals surface area contributed by atoms with Gasteiger partial charge in [-0.3, -0.25) is 19.7 Å². The fraction of sp³-hybridized carbons (Fsp3) is 0.620. The number of halogens is 2. The Labute approximate surface area is 378 Å². The fourth-order valence-corrected chi connectivity index (χ4v) is 13.4. The molecule has 0 radical (unpaired) electrons. The number of carbonyl (C=O) groups is 1. The van der Waals surface area contributed by atoms with E-state index >= 15 is 0 Å². The summed E-state index contributed by atoms with van der Waals surface area (Å²) >= 11 is 12.5. The van der Waals surface area contributed by atoms with Crippen molar-refractivity contribution in [3.05, 3.63) is 71.0 Å². The standard InChI is InChI=1S/C50H68Cl2N6O4/c1-31(38-11-12-39-48-40(30-46(61)50(38,39)3)49(2)17-14-35(59)26-32(49)27-45(48)60)6-13-47(62)57-18-4-5-23-58(24-21-55-41-15-19-53-43-28-33(51)7-9-36(41)43)25-22-56-42-16-20-54-44-29-34(52)8-10-37(42)44/h7-10,15-16,19-20,28-29,31-32,35,38-40,45-46,48,59-61H,4-6,11-14,17-18,21-27,30H2,1-3H3,(H,53,55)(H,54,56)(H,57,62)/t31-,32+,35-,38-,39+,40+,45-,46+,48+,49+,50-/m1/s1. The number of aromatic nitrogens is 2. The second-order valence-corrected chi connectivity index (χ2v) is 20.7. The van der Waals surface area contributed by atoms with Crippen molar-refractivity contribution in [3.63, 3.8) is 0 Å². The third-order valence-corrected chi connectivity index (χ3v) is 16.9. The highest BCUT2D eigenvalue weighted by Crippen LogP contribution is 2.68. The molecule has 2 aromatic heterocycles. The molecule has 2 aromatic carbocycles. The minimum atomic E-state index is -0.413. The molecule has 0 bridgehead atoms. The van der Waals surface area contributed by atoms with Crippen molar-refractivity contribution in [1.29, 1.82) is 0 Å². The number of fused-ring (bicyclic) bond motifs is 7. The second kappa shape index (κ2) is 19.5.